The van der Waals surface area contributed by atoms with Crippen LogP contribution < -0.4 is 15.8 Å². The Morgan fingerprint density at radius 1 is 1.03 bits per heavy atom. The van der Waals surface area contributed by atoms with Gasteiger partial charge in [-0.1, -0.05) is 18.2 Å². The number of aromatic nitrogens is 2. The summed E-state index contributed by atoms with van der Waals surface area (Å²) in [6.45, 7) is 2.14. The predicted molar refractivity (Wildman–Crippen MR) is 131 cm³/mol. The zero-order chi connectivity index (χ0) is 24.5. The third-order valence-corrected chi connectivity index (χ3v) is 8.59. The van der Waals surface area contributed by atoms with Crippen LogP contribution in [0.2, 0.25) is 0 Å². The second-order valence-electron chi connectivity index (χ2n) is 8.25. The highest BCUT2D eigenvalue weighted by molar-refractivity contribution is 7.90. The number of benzene rings is 2. The lowest BCUT2D eigenvalue weighted by atomic mass is 10.2. The Kier molecular flexibility index (Phi) is 6.58. The molecular weight excluding hydrogens is 476 g/mol. The number of nitrogens with zero attached hydrogens (tertiary/aromatic N) is 3. The lowest BCUT2D eigenvalue weighted by Crippen LogP contribution is -2.29. The largest absolute Gasteiger partial charge is 0.340 e. The van der Waals surface area contributed by atoms with E-state index in [2.05, 4.69) is 20.6 Å². The van der Waals surface area contributed by atoms with Crippen LogP contribution in [0.4, 0.5) is 23.1 Å². The van der Waals surface area contributed by atoms with E-state index in [1.165, 1.54) is 16.4 Å². The van der Waals surface area contributed by atoms with E-state index in [1.807, 2.05) is 31.2 Å². The minimum Gasteiger partial charge on any atom is -0.340 e. The van der Waals surface area contributed by atoms with Gasteiger partial charge in [-0.05, 0) is 55.7 Å². The molecule has 0 radical (unpaired) electrons. The molecule has 180 valence electrons. The molecule has 3 aromatic rings. The maximum atomic E-state index is 12.4. The quantitative estimate of drug-likeness (QED) is 0.405. The van der Waals surface area contributed by atoms with Crippen molar-refractivity contribution in [3.05, 3.63) is 65.9 Å². The summed E-state index contributed by atoms with van der Waals surface area (Å²) in [5, 5.41) is 11.2. The van der Waals surface area contributed by atoms with Crippen molar-refractivity contribution in [2.75, 3.05) is 17.7 Å². The fourth-order valence-corrected chi connectivity index (χ4v) is 5.49. The molecule has 2 aromatic carbocycles. The van der Waals surface area contributed by atoms with Crippen LogP contribution in [0.15, 0.2) is 59.6 Å². The van der Waals surface area contributed by atoms with Gasteiger partial charge in [-0.25, -0.2) is 31.3 Å². The van der Waals surface area contributed by atoms with Gasteiger partial charge in [0.1, 0.15) is 5.82 Å². The molecule has 0 saturated heterocycles. The monoisotopic (exact) mass is 502 g/mol. The fraction of sp³-hybridized carbons (Fsp3) is 0.273. The fourth-order valence-electron chi connectivity index (χ4n) is 3.36. The molecule has 1 heterocycles. The topological polar surface area (TPSA) is 147 Å². The number of sulfonamides is 2. The number of primary sulfonamides is 1. The molecular formula is C22H26N6O4S2. The molecule has 0 spiro atoms. The van der Waals surface area contributed by atoms with Crippen molar-refractivity contribution < 1.29 is 16.8 Å². The Labute approximate surface area is 199 Å². The minimum atomic E-state index is -3.83. The van der Waals surface area contributed by atoms with Gasteiger partial charge in [-0.2, -0.15) is 4.98 Å². The molecule has 0 unspecified atom stereocenters. The minimum absolute atomic E-state index is 0.0200. The zero-order valence-corrected chi connectivity index (χ0v) is 20.4. The standard InChI is InChI=1S/C22H26N6O4S2/c1-15-13-24-22(26-18-7-4-8-20(12-18)33(23,29)30)27-21(15)25-17-6-3-5-16(11-17)14-28(2)34(31,32)19-9-10-19/h3-8,11-13,19H,9-10,14H2,1-2H3,(H2,23,29,30)(H2,24,25,26,27). The molecule has 0 amide bonds. The lowest BCUT2D eigenvalue weighted by molar-refractivity contribution is 0.465. The molecule has 1 aliphatic carbocycles. The first-order valence-electron chi connectivity index (χ1n) is 10.6. The van der Waals surface area contributed by atoms with Gasteiger partial charge in [0, 0.05) is 36.7 Å². The Hall–Kier alpha value is -3.06. The first kappa shape index (κ1) is 24.1. The number of hydrogen-bond acceptors (Lipinski definition) is 8. The first-order chi connectivity index (χ1) is 16.0. The van der Waals surface area contributed by atoms with Gasteiger partial charge in [0.2, 0.25) is 26.0 Å². The van der Waals surface area contributed by atoms with Crippen LogP contribution in [0.5, 0.6) is 0 Å². The van der Waals surface area contributed by atoms with Crippen LogP contribution >= 0.6 is 0 Å². The normalized spacial score (nSPS) is 14.2. The van der Waals surface area contributed by atoms with E-state index >= 15 is 0 Å². The molecule has 34 heavy (non-hydrogen) atoms. The molecule has 0 atom stereocenters. The molecule has 4 N–H and O–H groups in total. The van der Waals surface area contributed by atoms with Gasteiger partial charge in [-0.3, -0.25) is 0 Å². The Morgan fingerprint density at radius 2 is 1.71 bits per heavy atom. The van der Waals surface area contributed by atoms with Gasteiger partial charge >= 0.3 is 0 Å². The van der Waals surface area contributed by atoms with Gasteiger partial charge in [0.05, 0.1) is 10.1 Å². The number of nitrogens with two attached hydrogens (primary N) is 1. The summed E-state index contributed by atoms with van der Waals surface area (Å²) in [5.74, 6) is 0.822. The molecule has 1 aliphatic rings. The van der Waals surface area contributed by atoms with E-state index in [0.29, 0.717) is 11.5 Å². The number of anilines is 4. The van der Waals surface area contributed by atoms with Crippen molar-refractivity contribution in [3.63, 3.8) is 0 Å². The summed E-state index contributed by atoms with van der Waals surface area (Å²) < 4.78 is 49.4. The maximum Gasteiger partial charge on any atom is 0.238 e. The first-order valence-corrected chi connectivity index (χ1v) is 13.6. The average molecular weight is 503 g/mol. The van der Waals surface area contributed by atoms with E-state index in [4.69, 9.17) is 5.14 Å². The summed E-state index contributed by atoms with van der Waals surface area (Å²) in [4.78, 5) is 8.73. The van der Waals surface area contributed by atoms with Crippen molar-refractivity contribution >= 4 is 43.2 Å². The summed E-state index contributed by atoms with van der Waals surface area (Å²) in [6.07, 6.45) is 3.09. The molecule has 0 aliphatic heterocycles. The van der Waals surface area contributed by atoms with Crippen molar-refractivity contribution in [2.45, 2.75) is 36.5 Å². The van der Waals surface area contributed by atoms with E-state index in [0.717, 1.165) is 29.7 Å². The van der Waals surface area contributed by atoms with Crippen LogP contribution in [0.3, 0.4) is 0 Å². The van der Waals surface area contributed by atoms with E-state index < -0.39 is 20.0 Å². The average Bonchev–Trinajstić information content (AvgIpc) is 3.62. The highest BCUT2D eigenvalue weighted by atomic mass is 32.2. The number of aryl methyl sites for hydroxylation is 1. The van der Waals surface area contributed by atoms with Crippen molar-refractivity contribution in [3.8, 4) is 0 Å². The Balaban J connectivity index is 1.50. The smallest absolute Gasteiger partial charge is 0.238 e. The maximum absolute atomic E-state index is 12.4. The third-order valence-electron chi connectivity index (χ3n) is 5.37. The van der Waals surface area contributed by atoms with Crippen molar-refractivity contribution in [1.29, 1.82) is 0 Å². The van der Waals surface area contributed by atoms with Crippen LogP contribution in [-0.4, -0.2) is 43.4 Å². The molecule has 0 bridgehead atoms. The van der Waals surface area contributed by atoms with Crippen LogP contribution in [0, 0.1) is 6.92 Å². The Bertz CT molecular complexity index is 1420. The second-order valence-corrected chi connectivity index (χ2v) is 12.1. The second kappa shape index (κ2) is 9.29. The summed E-state index contributed by atoms with van der Waals surface area (Å²) in [5.41, 5.74) is 2.87. The summed E-state index contributed by atoms with van der Waals surface area (Å²) >= 11 is 0. The molecule has 1 aromatic heterocycles. The number of hydrogen-bond donors (Lipinski definition) is 3. The van der Waals surface area contributed by atoms with Crippen LogP contribution in [-0.2, 0) is 26.6 Å². The van der Waals surface area contributed by atoms with Crippen molar-refractivity contribution in [2.24, 2.45) is 5.14 Å². The number of nitrogens with one attached hydrogen (secondary N) is 2. The SMILES string of the molecule is Cc1cnc(Nc2cccc(S(N)(=O)=O)c2)nc1Nc1cccc(CN(C)S(=O)(=O)C2CC2)c1. The van der Waals surface area contributed by atoms with Gasteiger partial charge < -0.3 is 10.6 Å². The molecule has 12 heteroatoms. The third kappa shape index (κ3) is 5.70. The van der Waals surface area contributed by atoms with E-state index in [1.54, 1.807) is 25.4 Å². The van der Waals surface area contributed by atoms with Crippen molar-refractivity contribution in [1.82, 2.24) is 14.3 Å². The number of rotatable bonds is 9. The molecule has 10 nitrogen and oxygen atoms in total. The van der Waals surface area contributed by atoms with Gasteiger partial charge in [0.15, 0.2) is 0 Å². The van der Waals surface area contributed by atoms with E-state index in [-0.39, 0.29) is 22.6 Å². The Morgan fingerprint density at radius 3 is 2.38 bits per heavy atom. The lowest BCUT2D eigenvalue weighted by Gasteiger charge is -2.17. The van der Waals surface area contributed by atoms with Crippen LogP contribution in [0.25, 0.3) is 0 Å². The molecule has 1 saturated carbocycles. The summed E-state index contributed by atoms with van der Waals surface area (Å²) in [7, 11) is -5.48. The van der Waals surface area contributed by atoms with Gasteiger partial charge in [-0.15, -0.1) is 0 Å². The zero-order valence-electron chi connectivity index (χ0n) is 18.8. The van der Waals surface area contributed by atoms with E-state index in [9.17, 15) is 16.8 Å². The predicted octanol–water partition coefficient (Wildman–Crippen LogP) is 2.84. The van der Waals surface area contributed by atoms with Crippen LogP contribution in [0.1, 0.15) is 24.0 Å². The van der Waals surface area contributed by atoms with Gasteiger partial charge in [0.25, 0.3) is 0 Å². The highest BCUT2D eigenvalue weighted by Gasteiger charge is 2.38. The molecule has 1 fully saturated rings. The summed E-state index contributed by atoms with van der Waals surface area (Å²) in [6, 6.07) is 13.5. The molecule has 4 rings (SSSR count). The highest BCUT2D eigenvalue weighted by Crippen LogP contribution is 2.31.